The van der Waals surface area contributed by atoms with Crippen LogP contribution in [0.15, 0.2) is 0 Å². The molecule has 3 heteroatoms. The summed E-state index contributed by atoms with van der Waals surface area (Å²) >= 11 is 0. The van der Waals surface area contributed by atoms with Gasteiger partial charge >= 0.3 is 6.09 Å². The van der Waals surface area contributed by atoms with E-state index in [9.17, 15) is 4.79 Å². The fourth-order valence-electron chi connectivity index (χ4n) is 0.376. The van der Waals surface area contributed by atoms with Gasteiger partial charge in [0, 0.05) is 0 Å². The van der Waals surface area contributed by atoms with Gasteiger partial charge in [0.25, 0.3) is 0 Å². The number of hydrogen-bond acceptors (Lipinski definition) is 1. The fraction of sp³-hybridized carbons (Fsp3) is 0.286. The van der Waals surface area contributed by atoms with Crippen molar-refractivity contribution in [2.75, 3.05) is 0 Å². The summed E-state index contributed by atoms with van der Waals surface area (Å²) in [6.07, 6.45) is 5.38. The summed E-state index contributed by atoms with van der Waals surface area (Å²) in [6, 6.07) is -0.803. The second-order valence-electron chi connectivity index (χ2n) is 1.42. The Kier molecular flexibility index (Phi) is 3.60. The summed E-state index contributed by atoms with van der Waals surface area (Å²) in [5.74, 6) is 6.81. The minimum atomic E-state index is -1.20. The maximum absolute atomic E-state index is 9.94. The molecule has 0 spiro atoms. The van der Waals surface area contributed by atoms with Crippen LogP contribution < -0.4 is 5.32 Å². The lowest BCUT2D eigenvalue weighted by atomic mass is 10.3. The zero-order valence-electron chi connectivity index (χ0n) is 5.43. The molecular formula is C7H6NO2. The van der Waals surface area contributed by atoms with Crippen LogP contribution in [0.5, 0.6) is 0 Å². The highest BCUT2D eigenvalue weighted by Crippen LogP contribution is 1.76. The number of amides is 1. The molecule has 1 radical (unpaired) electrons. The van der Waals surface area contributed by atoms with Gasteiger partial charge in [-0.05, 0) is 13.3 Å². The van der Waals surface area contributed by atoms with Crippen LogP contribution in [-0.2, 0) is 0 Å². The lowest BCUT2D eigenvalue weighted by Gasteiger charge is -1.99. The van der Waals surface area contributed by atoms with Gasteiger partial charge < -0.3 is 5.11 Å². The standard InChI is InChI=1S/C7H6NO2/c1-3-5-6(4-2)8-7(9)10/h6,8H,1H3,(H,9,10). The van der Waals surface area contributed by atoms with Crippen molar-refractivity contribution in [2.45, 2.75) is 13.0 Å². The van der Waals surface area contributed by atoms with E-state index in [-0.39, 0.29) is 0 Å². The molecule has 0 aromatic carbocycles. The van der Waals surface area contributed by atoms with Crippen molar-refractivity contribution in [3.63, 3.8) is 0 Å². The molecule has 0 heterocycles. The van der Waals surface area contributed by atoms with Crippen LogP contribution in [0.25, 0.3) is 0 Å². The number of carboxylic acid groups (broad SMARTS) is 1. The third-order valence-electron chi connectivity index (χ3n) is 0.701. The van der Waals surface area contributed by atoms with Crippen LogP contribution in [0.3, 0.4) is 0 Å². The highest BCUT2D eigenvalue weighted by Gasteiger charge is 2.01. The van der Waals surface area contributed by atoms with Crippen molar-refractivity contribution < 1.29 is 9.90 Å². The lowest BCUT2D eigenvalue weighted by Crippen LogP contribution is -2.30. The van der Waals surface area contributed by atoms with Crippen molar-refractivity contribution in [1.82, 2.24) is 5.32 Å². The Morgan fingerprint density at radius 2 is 2.40 bits per heavy atom. The molecule has 0 saturated carbocycles. The third kappa shape index (κ3) is 3.40. The Balaban J connectivity index is 3.95. The Bertz CT molecular complexity index is 216. The van der Waals surface area contributed by atoms with E-state index < -0.39 is 12.1 Å². The monoisotopic (exact) mass is 136 g/mol. The molecule has 10 heavy (non-hydrogen) atoms. The maximum atomic E-state index is 9.94. The molecule has 0 bridgehead atoms. The molecule has 51 valence electrons. The fourth-order valence-corrected chi connectivity index (χ4v) is 0.376. The number of hydrogen-bond donors (Lipinski definition) is 2. The van der Waals surface area contributed by atoms with Crippen LogP contribution in [0.4, 0.5) is 4.79 Å². The van der Waals surface area contributed by atoms with E-state index in [1.54, 1.807) is 6.92 Å². The van der Waals surface area contributed by atoms with E-state index in [4.69, 9.17) is 11.5 Å². The van der Waals surface area contributed by atoms with E-state index in [1.165, 1.54) is 0 Å². The molecule has 0 aromatic rings. The van der Waals surface area contributed by atoms with Crippen LogP contribution >= 0.6 is 0 Å². The van der Waals surface area contributed by atoms with Crippen molar-refractivity contribution >= 4 is 6.09 Å². The largest absolute Gasteiger partial charge is 0.465 e. The van der Waals surface area contributed by atoms with Gasteiger partial charge in [0.05, 0.1) is 0 Å². The first kappa shape index (κ1) is 8.39. The smallest absolute Gasteiger partial charge is 0.406 e. The van der Waals surface area contributed by atoms with E-state index in [0.717, 1.165) is 0 Å². The molecule has 0 aliphatic heterocycles. The SMILES string of the molecule is [C]#CC(C#CC)NC(=O)O. The summed E-state index contributed by atoms with van der Waals surface area (Å²) < 4.78 is 0. The van der Waals surface area contributed by atoms with Crippen LogP contribution in [-0.4, -0.2) is 17.2 Å². The molecule has 0 aromatic heterocycles. The average Bonchev–Trinajstić information content (AvgIpc) is 1.86. The molecule has 0 aliphatic carbocycles. The van der Waals surface area contributed by atoms with Gasteiger partial charge in [0.15, 0.2) is 6.04 Å². The zero-order valence-corrected chi connectivity index (χ0v) is 5.43. The van der Waals surface area contributed by atoms with Gasteiger partial charge in [-0.3, -0.25) is 5.32 Å². The molecule has 2 N–H and O–H groups in total. The summed E-state index contributed by atoms with van der Waals surface area (Å²) in [5.41, 5.74) is 0. The second-order valence-corrected chi connectivity index (χ2v) is 1.42. The quantitative estimate of drug-likeness (QED) is 0.507. The number of carbonyl (C=O) groups is 1. The maximum Gasteiger partial charge on any atom is 0.406 e. The van der Waals surface area contributed by atoms with E-state index >= 15 is 0 Å². The van der Waals surface area contributed by atoms with E-state index in [1.807, 2.05) is 11.2 Å². The lowest BCUT2D eigenvalue weighted by molar-refractivity contribution is 0.194. The summed E-state index contributed by atoms with van der Waals surface area (Å²) in [6.45, 7) is 1.56. The molecule has 1 atom stereocenters. The molecule has 0 saturated heterocycles. The number of rotatable bonds is 1. The van der Waals surface area contributed by atoms with Gasteiger partial charge in [0.2, 0.25) is 0 Å². The molecule has 0 aliphatic rings. The van der Waals surface area contributed by atoms with E-state index in [2.05, 4.69) is 11.8 Å². The minimum Gasteiger partial charge on any atom is -0.465 e. The minimum absolute atomic E-state index is 0.803. The first-order valence-corrected chi connectivity index (χ1v) is 2.54. The Morgan fingerprint density at radius 3 is 2.70 bits per heavy atom. The summed E-state index contributed by atoms with van der Waals surface area (Å²) in [4.78, 5) is 9.94. The molecule has 0 fully saturated rings. The van der Waals surface area contributed by atoms with Gasteiger partial charge in [-0.1, -0.05) is 11.8 Å². The Labute approximate surface area is 59.4 Å². The number of nitrogens with one attached hydrogen (secondary N) is 1. The second kappa shape index (κ2) is 4.29. The van der Waals surface area contributed by atoms with Crippen LogP contribution in [0, 0.1) is 24.2 Å². The predicted octanol–water partition coefficient (Wildman–Crippen LogP) is 0.236. The first-order chi connectivity index (χ1) is 4.70. The highest BCUT2D eigenvalue weighted by atomic mass is 16.4. The first-order valence-electron chi connectivity index (χ1n) is 2.54. The van der Waals surface area contributed by atoms with Crippen LogP contribution in [0.1, 0.15) is 6.92 Å². The Morgan fingerprint density at radius 1 is 1.80 bits per heavy atom. The van der Waals surface area contributed by atoms with Crippen molar-refractivity contribution in [3.05, 3.63) is 6.42 Å². The molecule has 1 unspecified atom stereocenters. The van der Waals surface area contributed by atoms with Gasteiger partial charge in [-0.15, -0.1) is 5.92 Å². The van der Waals surface area contributed by atoms with Gasteiger partial charge in [-0.25, -0.2) is 4.79 Å². The van der Waals surface area contributed by atoms with Crippen molar-refractivity contribution in [1.29, 1.82) is 0 Å². The summed E-state index contributed by atoms with van der Waals surface area (Å²) in [7, 11) is 0. The normalized spacial score (nSPS) is 10.0. The molecule has 3 nitrogen and oxygen atoms in total. The van der Waals surface area contributed by atoms with Crippen molar-refractivity contribution in [2.24, 2.45) is 0 Å². The zero-order chi connectivity index (χ0) is 7.98. The van der Waals surface area contributed by atoms with Crippen LogP contribution in [0.2, 0.25) is 0 Å². The van der Waals surface area contributed by atoms with E-state index in [0.29, 0.717) is 0 Å². The third-order valence-corrected chi connectivity index (χ3v) is 0.701. The summed E-state index contributed by atoms with van der Waals surface area (Å²) in [5, 5.41) is 10.1. The Hall–Kier alpha value is -1.61. The molecule has 1 amide bonds. The average molecular weight is 136 g/mol. The van der Waals surface area contributed by atoms with Gasteiger partial charge in [0.1, 0.15) is 0 Å². The van der Waals surface area contributed by atoms with Gasteiger partial charge in [-0.2, -0.15) is 0 Å². The molecular weight excluding hydrogens is 130 g/mol. The predicted molar refractivity (Wildman–Crippen MR) is 35.5 cm³/mol. The topological polar surface area (TPSA) is 49.3 Å². The molecule has 0 rings (SSSR count). The highest BCUT2D eigenvalue weighted by molar-refractivity contribution is 5.66. The van der Waals surface area contributed by atoms with Crippen molar-refractivity contribution in [3.8, 4) is 17.8 Å².